The van der Waals surface area contributed by atoms with Crippen molar-refractivity contribution in [3.05, 3.63) is 203 Å². The Morgan fingerprint density at radius 1 is 0.288 bits per heavy atom. The van der Waals surface area contributed by atoms with Gasteiger partial charge in [0, 0.05) is 22.3 Å². The molecule has 0 saturated heterocycles. The van der Waals surface area contributed by atoms with Gasteiger partial charge in [-0.2, -0.15) is 0 Å². The highest BCUT2D eigenvalue weighted by Crippen LogP contribution is 2.58. The van der Waals surface area contributed by atoms with E-state index in [1.54, 1.807) is 0 Å². The number of hydrogen-bond acceptors (Lipinski definition) is 2. The molecule has 0 radical (unpaired) electrons. The molecule has 0 fully saturated rings. The Bertz CT molecular complexity index is 2560. The second-order valence-corrected chi connectivity index (χ2v) is 14.7. The molecule has 0 amide bonds. The first-order valence-electron chi connectivity index (χ1n) is 18.1. The van der Waals surface area contributed by atoms with Gasteiger partial charge in [-0.25, -0.2) is 0 Å². The molecule has 9 aromatic carbocycles. The minimum atomic E-state index is -0.505. The normalized spacial score (nSPS) is 15.0. The van der Waals surface area contributed by atoms with Crippen molar-refractivity contribution < 1.29 is 9.47 Å². The molecule has 2 heteroatoms. The van der Waals surface area contributed by atoms with Crippen molar-refractivity contribution in [2.75, 3.05) is 0 Å². The summed E-state index contributed by atoms with van der Waals surface area (Å²) in [6.07, 6.45) is 0. The van der Waals surface area contributed by atoms with Crippen LogP contribution in [-0.4, -0.2) is 0 Å². The standard InChI is InChI=1S/C50H34O2/c1-49(45-37-15-7-3-11-31(37)19-27-41(45)51-42-28-20-32-12-4-8-16-38(32)46(42)49)35-23-25-36(26-24-35)50(2)47-39-17-9-5-13-33(39)21-29-43(47)52-44-30-22-34-14-6-10-18-40(34)48(44)50/h3-30H,1-2H3. The summed E-state index contributed by atoms with van der Waals surface area (Å²) in [5, 5.41) is 9.67. The van der Waals surface area contributed by atoms with Crippen LogP contribution in [-0.2, 0) is 10.8 Å². The third kappa shape index (κ3) is 3.84. The van der Waals surface area contributed by atoms with Crippen LogP contribution in [0.15, 0.2) is 170 Å². The molecule has 0 aliphatic carbocycles. The molecule has 0 aromatic heterocycles. The van der Waals surface area contributed by atoms with Crippen molar-refractivity contribution in [3.63, 3.8) is 0 Å². The number of rotatable bonds is 2. The van der Waals surface area contributed by atoms with Gasteiger partial charge >= 0.3 is 0 Å². The molecule has 2 heterocycles. The molecular weight excluding hydrogens is 633 g/mol. The van der Waals surface area contributed by atoms with Gasteiger partial charge in [-0.05, 0) is 92.3 Å². The number of fused-ring (bicyclic) bond motifs is 12. The topological polar surface area (TPSA) is 18.5 Å². The first-order valence-corrected chi connectivity index (χ1v) is 18.1. The van der Waals surface area contributed by atoms with Gasteiger partial charge in [0.1, 0.15) is 23.0 Å². The fraction of sp³-hybridized carbons (Fsp3) is 0.0800. The first-order chi connectivity index (χ1) is 25.5. The summed E-state index contributed by atoms with van der Waals surface area (Å²) in [7, 11) is 0. The molecule has 0 unspecified atom stereocenters. The Balaban J connectivity index is 1.20. The summed E-state index contributed by atoms with van der Waals surface area (Å²) < 4.78 is 13.6. The second kappa shape index (κ2) is 10.6. The Hall–Kier alpha value is -6.38. The minimum Gasteiger partial charge on any atom is -0.457 e. The summed E-state index contributed by atoms with van der Waals surface area (Å²) in [6.45, 7) is 4.78. The van der Waals surface area contributed by atoms with E-state index in [2.05, 4.69) is 184 Å². The average Bonchev–Trinajstić information content (AvgIpc) is 3.20. The van der Waals surface area contributed by atoms with Crippen molar-refractivity contribution >= 4 is 43.1 Å². The summed E-state index contributed by atoms with van der Waals surface area (Å²) in [5.74, 6) is 3.63. The van der Waals surface area contributed by atoms with E-state index in [1.165, 1.54) is 76.5 Å². The highest BCUT2D eigenvalue weighted by Gasteiger charge is 2.45. The van der Waals surface area contributed by atoms with Crippen molar-refractivity contribution in [3.8, 4) is 23.0 Å². The van der Waals surface area contributed by atoms with Crippen LogP contribution in [0.3, 0.4) is 0 Å². The Morgan fingerprint density at radius 3 is 0.808 bits per heavy atom. The highest BCUT2D eigenvalue weighted by molar-refractivity contribution is 5.98. The number of ether oxygens (including phenoxy) is 2. The first kappa shape index (κ1) is 29.4. The van der Waals surface area contributed by atoms with Gasteiger partial charge in [0.2, 0.25) is 0 Å². The van der Waals surface area contributed by atoms with Crippen LogP contribution >= 0.6 is 0 Å². The molecular formula is C50H34O2. The van der Waals surface area contributed by atoms with Gasteiger partial charge in [-0.15, -0.1) is 0 Å². The Morgan fingerprint density at radius 2 is 0.538 bits per heavy atom. The third-order valence-corrected chi connectivity index (χ3v) is 12.0. The number of hydrogen-bond donors (Lipinski definition) is 0. The summed E-state index contributed by atoms with van der Waals surface area (Å²) in [4.78, 5) is 0. The van der Waals surface area contributed by atoms with Crippen LogP contribution in [0, 0.1) is 0 Å². The fourth-order valence-electron chi connectivity index (χ4n) is 9.61. The maximum atomic E-state index is 6.79. The summed E-state index contributed by atoms with van der Waals surface area (Å²) in [6, 6.07) is 61.6. The Kier molecular flexibility index (Phi) is 5.97. The molecule has 11 rings (SSSR count). The second-order valence-electron chi connectivity index (χ2n) is 14.7. The minimum absolute atomic E-state index is 0.505. The van der Waals surface area contributed by atoms with Crippen LogP contribution in [0.2, 0.25) is 0 Å². The van der Waals surface area contributed by atoms with E-state index < -0.39 is 10.8 Å². The van der Waals surface area contributed by atoms with Gasteiger partial charge in [0.05, 0.1) is 10.8 Å². The maximum Gasteiger partial charge on any atom is 0.132 e. The zero-order valence-corrected chi connectivity index (χ0v) is 29.0. The third-order valence-electron chi connectivity index (χ3n) is 12.0. The fourth-order valence-corrected chi connectivity index (χ4v) is 9.61. The van der Waals surface area contributed by atoms with Gasteiger partial charge < -0.3 is 9.47 Å². The lowest BCUT2D eigenvalue weighted by atomic mass is 9.64. The van der Waals surface area contributed by atoms with Gasteiger partial charge in [0.25, 0.3) is 0 Å². The largest absolute Gasteiger partial charge is 0.457 e. The smallest absolute Gasteiger partial charge is 0.132 e. The van der Waals surface area contributed by atoms with E-state index in [-0.39, 0.29) is 0 Å². The molecule has 0 atom stereocenters. The maximum absolute atomic E-state index is 6.79. The predicted molar refractivity (Wildman–Crippen MR) is 213 cm³/mol. The van der Waals surface area contributed by atoms with Crippen LogP contribution < -0.4 is 9.47 Å². The molecule has 246 valence electrons. The molecule has 52 heavy (non-hydrogen) atoms. The molecule has 0 spiro atoms. The van der Waals surface area contributed by atoms with E-state index >= 15 is 0 Å². The Labute approximate surface area is 302 Å². The summed E-state index contributed by atoms with van der Waals surface area (Å²) in [5.41, 5.74) is 6.24. The molecule has 2 aliphatic rings. The van der Waals surface area contributed by atoms with Crippen molar-refractivity contribution in [2.45, 2.75) is 24.7 Å². The van der Waals surface area contributed by atoms with Gasteiger partial charge in [-0.3, -0.25) is 0 Å². The van der Waals surface area contributed by atoms with Crippen LogP contribution in [0.4, 0.5) is 0 Å². The van der Waals surface area contributed by atoms with Gasteiger partial charge in [-0.1, -0.05) is 146 Å². The van der Waals surface area contributed by atoms with E-state index in [4.69, 9.17) is 9.47 Å². The molecule has 2 aliphatic heterocycles. The lowest BCUT2D eigenvalue weighted by molar-refractivity contribution is 0.430. The lowest BCUT2D eigenvalue weighted by Crippen LogP contribution is -2.32. The SMILES string of the molecule is CC1(c2ccc(C3(C)c4c(ccc5ccccc45)Oc4ccc5ccccc5c43)cc2)c2c(ccc3ccccc23)Oc2ccc3ccccc3c21. The van der Waals surface area contributed by atoms with E-state index in [0.29, 0.717) is 0 Å². The molecule has 0 saturated carbocycles. The van der Waals surface area contributed by atoms with E-state index in [1.807, 2.05) is 0 Å². The molecule has 2 nitrogen and oxygen atoms in total. The van der Waals surface area contributed by atoms with E-state index in [0.717, 1.165) is 23.0 Å². The van der Waals surface area contributed by atoms with Crippen molar-refractivity contribution in [1.29, 1.82) is 0 Å². The van der Waals surface area contributed by atoms with Crippen molar-refractivity contribution in [1.82, 2.24) is 0 Å². The van der Waals surface area contributed by atoms with E-state index in [9.17, 15) is 0 Å². The van der Waals surface area contributed by atoms with Crippen LogP contribution in [0.25, 0.3) is 43.1 Å². The van der Waals surface area contributed by atoms with Crippen LogP contribution in [0.5, 0.6) is 23.0 Å². The molecule has 0 N–H and O–H groups in total. The monoisotopic (exact) mass is 666 g/mol. The zero-order valence-electron chi connectivity index (χ0n) is 29.0. The highest BCUT2D eigenvalue weighted by atomic mass is 16.5. The van der Waals surface area contributed by atoms with Gasteiger partial charge in [0.15, 0.2) is 0 Å². The number of benzene rings is 9. The summed E-state index contributed by atoms with van der Waals surface area (Å²) >= 11 is 0. The predicted octanol–water partition coefficient (Wildman–Crippen LogP) is 13.2. The average molecular weight is 667 g/mol. The quantitative estimate of drug-likeness (QED) is 0.183. The van der Waals surface area contributed by atoms with Crippen LogP contribution in [0.1, 0.15) is 47.2 Å². The molecule has 9 aromatic rings. The zero-order chi connectivity index (χ0) is 34.6. The van der Waals surface area contributed by atoms with Crippen molar-refractivity contribution in [2.24, 2.45) is 0 Å². The molecule has 0 bridgehead atoms. The lowest BCUT2D eigenvalue weighted by Gasteiger charge is -2.41.